The molecular weight excluding hydrogens is 252 g/mol. The molecule has 3 rings (SSSR count). The van der Waals surface area contributed by atoms with Gasteiger partial charge in [0.1, 0.15) is 0 Å². The Morgan fingerprint density at radius 2 is 1.95 bits per heavy atom. The second-order valence-corrected chi connectivity index (χ2v) is 6.82. The SMILES string of the molecule is CN(C)Cc1ccc(-c2ccc3c(c2)CC(N)C3)s1. The van der Waals surface area contributed by atoms with Crippen molar-refractivity contribution in [1.82, 2.24) is 4.90 Å². The van der Waals surface area contributed by atoms with Crippen LogP contribution in [0, 0.1) is 0 Å². The molecule has 3 heteroatoms. The van der Waals surface area contributed by atoms with Crippen molar-refractivity contribution in [3.63, 3.8) is 0 Å². The van der Waals surface area contributed by atoms with Crippen molar-refractivity contribution in [3.05, 3.63) is 46.3 Å². The average molecular weight is 272 g/mol. The van der Waals surface area contributed by atoms with Gasteiger partial charge in [-0.25, -0.2) is 0 Å². The smallest absolute Gasteiger partial charge is 0.0346 e. The molecule has 1 aliphatic carbocycles. The minimum atomic E-state index is 0.317. The van der Waals surface area contributed by atoms with E-state index in [9.17, 15) is 0 Å². The Morgan fingerprint density at radius 3 is 2.74 bits per heavy atom. The van der Waals surface area contributed by atoms with Crippen LogP contribution in [0.4, 0.5) is 0 Å². The second-order valence-electron chi connectivity index (χ2n) is 5.66. The third-order valence-electron chi connectivity index (χ3n) is 3.59. The average Bonchev–Trinajstić information content (AvgIpc) is 2.92. The summed E-state index contributed by atoms with van der Waals surface area (Å²) in [5.74, 6) is 0. The first-order valence-corrected chi connectivity index (χ1v) is 7.54. The lowest BCUT2D eigenvalue weighted by Crippen LogP contribution is -2.18. The highest BCUT2D eigenvalue weighted by molar-refractivity contribution is 7.15. The van der Waals surface area contributed by atoms with Gasteiger partial charge in [0.25, 0.3) is 0 Å². The molecule has 2 aromatic rings. The van der Waals surface area contributed by atoms with E-state index in [-0.39, 0.29) is 0 Å². The van der Waals surface area contributed by atoms with Crippen molar-refractivity contribution in [2.75, 3.05) is 14.1 Å². The standard InChI is InChI=1S/C16H20N2S/c1-18(2)10-15-5-6-16(19-15)12-4-3-11-8-14(17)9-13(11)7-12/h3-7,14H,8-10,17H2,1-2H3. The summed E-state index contributed by atoms with van der Waals surface area (Å²) in [6, 6.07) is 11.6. The lowest BCUT2D eigenvalue weighted by molar-refractivity contribution is 0.406. The zero-order valence-corrected chi connectivity index (χ0v) is 12.3. The normalized spacial score (nSPS) is 18.0. The van der Waals surface area contributed by atoms with Gasteiger partial charge in [-0.3, -0.25) is 0 Å². The Labute approximate surface area is 118 Å². The summed E-state index contributed by atoms with van der Waals surface area (Å²) in [5.41, 5.74) is 10.2. The van der Waals surface area contributed by atoms with Crippen LogP contribution in [0.5, 0.6) is 0 Å². The maximum Gasteiger partial charge on any atom is 0.0346 e. The molecule has 2 nitrogen and oxygen atoms in total. The van der Waals surface area contributed by atoms with Crippen molar-refractivity contribution in [2.24, 2.45) is 5.73 Å². The van der Waals surface area contributed by atoms with E-state index >= 15 is 0 Å². The highest BCUT2D eigenvalue weighted by atomic mass is 32.1. The zero-order chi connectivity index (χ0) is 13.4. The summed E-state index contributed by atoms with van der Waals surface area (Å²) in [6.07, 6.45) is 2.06. The molecule has 1 aromatic carbocycles. The van der Waals surface area contributed by atoms with Crippen LogP contribution in [-0.2, 0) is 19.4 Å². The molecule has 0 amide bonds. The molecule has 0 saturated heterocycles. The third kappa shape index (κ3) is 2.73. The number of rotatable bonds is 3. The molecule has 100 valence electrons. The van der Waals surface area contributed by atoms with Crippen LogP contribution in [0.3, 0.4) is 0 Å². The molecule has 0 spiro atoms. The van der Waals surface area contributed by atoms with Crippen molar-refractivity contribution in [2.45, 2.75) is 25.4 Å². The largest absolute Gasteiger partial charge is 0.327 e. The van der Waals surface area contributed by atoms with Gasteiger partial charge >= 0.3 is 0 Å². The monoisotopic (exact) mass is 272 g/mol. The van der Waals surface area contributed by atoms with Crippen LogP contribution >= 0.6 is 11.3 Å². The predicted molar refractivity (Wildman–Crippen MR) is 82.5 cm³/mol. The van der Waals surface area contributed by atoms with Crippen molar-refractivity contribution in [1.29, 1.82) is 0 Å². The van der Waals surface area contributed by atoms with Gasteiger partial charge in [-0.05, 0) is 55.8 Å². The van der Waals surface area contributed by atoms with Crippen LogP contribution in [0.25, 0.3) is 10.4 Å². The van der Waals surface area contributed by atoms with Crippen LogP contribution in [0.1, 0.15) is 16.0 Å². The zero-order valence-electron chi connectivity index (χ0n) is 11.5. The number of hydrogen-bond donors (Lipinski definition) is 1. The molecule has 1 atom stereocenters. The summed E-state index contributed by atoms with van der Waals surface area (Å²) >= 11 is 1.89. The molecule has 0 aliphatic heterocycles. The highest BCUT2D eigenvalue weighted by Gasteiger charge is 2.18. The van der Waals surface area contributed by atoms with Crippen LogP contribution in [0.2, 0.25) is 0 Å². The maximum absolute atomic E-state index is 6.03. The first kappa shape index (κ1) is 12.9. The minimum absolute atomic E-state index is 0.317. The Hall–Kier alpha value is -1.16. The second kappa shape index (κ2) is 5.08. The van der Waals surface area contributed by atoms with Gasteiger partial charge in [0.05, 0.1) is 0 Å². The van der Waals surface area contributed by atoms with E-state index in [4.69, 9.17) is 5.73 Å². The summed E-state index contributed by atoms with van der Waals surface area (Å²) in [7, 11) is 4.21. The molecule has 0 radical (unpaired) electrons. The predicted octanol–water partition coefficient (Wildman–Crippen LogP) is 2.90. The fraction of sp³-hybridized carbons (Fsp3) is 0.375. The summed E-state index contributed by atoms with van der Waals surface area (Å²) in [4.78, 5) is 4.98. The van der Waals surface area contributed by atoms with E-state index in [1.165, 1.54) is 26.4 Å². The Kier molecular flexibility index (Phi) is 3.44. The van der Waals surface area contributed by atoms with Crippen molar-refractivity contribution < 1.29 is 0 Å². The Morgan fingerprint density at radius 1 is 1.16 bits per heavy atom. The number of thiophene rings is 1. The fourth-order valence-corrected chi connectivity index (χ4v) is 3.86. The van der Waals surface area contributed by atoms with Crippen molar-refractivity contribution in [3.8, 4) is 10.4 Å². The van der Waals surface area contributed by atoms with Gasteiger partial charge in [0, 0.05) is 22.3 Å². The minimum Gasteiger partial charge on any atom is -0.327 e. The van der Waals surface area contributed by atoms with Gasteiger partial charge in [-0.1, -0.05) is 18.2 Å². The Balaban J connectivity index is 1.87. The van der Waals surface area contributed by atoms with Crippen LogP contribution in [-0.4, -0.2) is 25.0 Å². The maximum atomic E-state index is 6.03. The number of nitrogens with zero attached hydrogens (tertiary/aromatic N) is 1. The highest BCUT2D eigenvalue weighted by Crippen LogP contribution is 2.32. The molecule has 1 unspecified atom stereocenters. The van der Waals surface area contributed by atoms with E-state index in [1.54, 1.807) is 0 Å². The number of benzene rings is 1. The van der Waals surface area contributed by atoms with Crippen molar-refractivity contribution >= 4 is 11.3 Å². The molecule has 2 N–H and O–H groups in total. The lowest BCUT2D eigenvalue weighted by atomic mass is 10.1. The summed E-state index contributed by atoms with van der Waals surface area (Å²) in [5, 5.41) is 0. The van der Waals surface area contributed by atoms with E-state index in [0.717, 1.165) is 19.4 Å². The van der Waals surface area contributed by atoms with Gasteiger partial charge in [0.2, 0.25) is 0 Å². The number of hydrogen-bond acceptors (Lipinski definition) is 3. The number of nitrogens with two attached hydrogens (primary N) is 1. The molecule has 19 heavy (non-hydrogen) atoms. The molecule has 1 aromatic heterocycles. The summed E-state index contributed by atoms with van der Waals surface area (Å²) in [6.45, 7) is 1.01. The van der Waals surface area contributed by atoms with E-state index in [1.807, 2.05) is 11.3 Å². The molecule has 0 fully saturated rings. The first-order valence-electron chi connectivity index (χ1n) is 6.73. The van der Waals surface area contributed by atoms with Gasteiger partial charge in [0.15, 0.2) is 0 Å². The van der Waals surface area contributed by atoms with Crippen LogP contribution < -0.4 is 5.73 Å². The van der Waals surface area contributed by atoms with Gasteiger partial charge in [-0.2, -0.15) is 0 Å². The molecule has 1 aliphatic rings. The van der Waals surface area contributed by atoms with E-state index in [0.29, 0.717) is 6.04 Å². The van der Waals surface area contributed by atoms with E-state index in [2.05, 4.69) is 49.3 Å². The van der Waals surface area contributed by atoms with Gasteiger partial charge in [-0.15, -0.1) is 11.3 Å². The molecular formula is C16H20N2S. The quantitative estimate of drug-likeness (QED) is 0.931. The van der Waals surface area contributed by atoms with Crippen LogP contribution in [0.15, 0.2) is 30.3 Å². The Bertz CT molecular complexity index is 586. The lowest BCUT2D eigenvalue weighted by Gasteiger charge is -2.06. The summed E-state index contributed by atoms with van der Waals surface area (Å²) < 4.78 is 0. The van der Waals surface area contributed by atoms with E-state index < -0.39 is 0 Å². The van der Waals surface area contributed by atoms with Gasteiger partial charge < -0.3 is 10.6 Å². The number of fused-ring (bicyclic) bond motifs is 1. The fourth-order valence-electron chi connectivity index (χ4n) is 2.74. The first-order chi connectivity index (χ1) is 9.11. The topological polar surface area (TPSA) is 29.3 Å². The third-order valence-corrected chi connectivity index (χ3v) is 4.71. The molecule has 0 bridgehead atoms. The molecule has 0 saturated carbocycles. The molecule has 1 heterocycles.